The van der Waals surface area contributed by atoms with Gasteiger partial charge in [0.15, 0.2) is 0 Å². The first-order valence-electron chi connectivity index (χ1n) is 7.42. The topological polar surface area (TPSA) is 96.3 Å². The molecule has 0 amide bonds. The van der Waals surface area contributed by atoms with Crippen LogP contribution in [0.15, 0.2) is 9.59 Å². The van der Waals surface area contributed by atoms with Crippen molar-refractivity contribution >= 4 is 5.82 Å². The summed E-state index contributed by atoms with van der Waals surface area (Å²) in [6, 6.07) is 0.280. The van der Waals surface area contributed by atoms with E-state index in [1.54, 1.807) is 6.92 Å². The largest absolute Gasteiger partial charge is 0.394 e. The summed E-state index contributed by atoms with van der Waals surface area (Å²) in [5.74, 6) is 0.522. The minimum Gasteiger partial charge on any atom is -0.394 e. The van der Waals surface area contributed by atoms with Crippen LogP contribution in [0.5, 0.6) is 0 Å². The highest BCUT2D eigenvalue weighted by Gasteiger charge is 2.18. The predicted octanol–water partition coefficient (Wildman–Crippen LogP) is 0.556. The van der Waals surface area contributed by atoms with Crippen molar-refractivity contribution in [2.75, 3.05) is 18.5 Å². The molecular formula is C14H23N3O4. The van der Waals surface area contributed by atoms with Crippen molar-refractivity contribution in [3.05, 3.63) is 26.4 Å². The average Bonchev–Trinajstić information content (AvgIpc) is 2.49. The minimum absolute atomic E-state index is 0.00602. The lowest BCUT2D eigenvalue weighted by atomic mass is 9.95. The summed E-state index contributed by atoms with van der Waals surface area (Å²) in [6.45, 7) is 1.73. The van der Waals surface area contributed by atoms with E-state index in [0.29, 0.717) is 11.4 Å². The van der Waals surface area contributed by atoms with Crippen LogP contribution >= 0.6 is 0 Å². The van der Waals surface area contributed by atoms with E-state index in [-0.39, 0.29) is 31.5 Å². The normalized spacial score (nSPS) is 16.1. The van der Waals surface area contributed by atoms with E-state index in [0.717, 1.165) is 25.7 Å². The number of anilines is 1. The van der Waals surface area contributed by atoms with Gasteiger partial charge in [-0.2, -0.15) is 0 Å². The molecule has 1 saturated carbocycles. The smallest absolute Gasteiger partial charge is 0.331 e. The molecule has 0 unspecified atom stereocenters. The third kappa shape index (κ3) is 3.95. The molecular weight excluding hydrogens is 274 g/mol. The predicted molar refractivity (Wildman–Crippen MR) is 79.6 cm³/mol. The lowest BCUT2D eigenvalue weighted by Gasteiger charge is -2.26. The van der Waals surface area contributed by atoms with E-state index < -0.39 is 5.69 Å². The number of aromatic amines is 1. The zero-order valence-electron chi connectivity index (χ0n) is 12.4. The van der Waals surface area contributed by atoms with Crippen molar-refractivity contribution in [1.29, 1.82) is 0 Å². The van der Waals surface area contributed by atoms with Crippen LogP contribution in [-0.4, -0.2) is 33.9 Å². The molecule has 0 aromatic carbocycles. The second-order valence-electron chi connectivity index (χ2n) is 5.40. The van der Waals surface area contributed by atoms with Gasteiger partial charge in [0.25, 0.3) is 5.56 Å². The number of nitrogens with zero attached hydrogens (tertiary/aromatic N) is 1. The maximum atomic E-state index is 12.0. The van der Waals surface area contributed by atoms with Gasteiger partial charge in [0.05, 0.1) is 18.8 Å². The van der Waals surface area contributed by atoms with Crippen molar-refractivity contribution < 1.29 is 9.84 Å². The number of H-pyrrole nitrogens is 1. The molecule has 0 aliphatic heterocycles. The van der Waals surface area contributed by atoms with Crippen LogP contribution in [0.25, 0.3) is 0 Å². The molecule has 21 heavy (non-hydrogen) atoms. The third-order valence-corrected chi connectivity index (χ3v) is 3.83. The number of rotatable bonds is 6. The van der Waals surface area contributed by atoms with Gasteiger partial charge in [-0.3, -0.25) is 14.3 Å². The fraction of sp³-hybridized carbons (Fsp3) is 0.714. The van der Waals surface area contributed by atoms with E-state index >= 15 is 0 Å². The second-order valence-corrected chi connectivity index (χ2v) is 5.40. The molecule has 3 N–H and O–H groups in total. The summed E-state index contributed by atoms with van der Waals surface area (Å²) in [5, 5.41) is 12.1. The number of hydrogen-bond acceptors (Lipinski definition) is 5. The van der Waals surface area contributed by atoms with E-state index in [4.69, 9.17) is 9.84 Å². The number of ether oxygens (including phenoxy) is 1. The number of aromatic nitrogens is 2. The van der Waals surface area contributed by atoms with Gasteiger partial charge in [-0.15, -0.1) is 0 Å². The zero-order chi connectivity index (χ0) is 15.2. The minimum atomic E-state index is -0.498. The molecule has 0 radical (unpaired) electrons. The van der Waals surface area contributed by atoms with Gasteiger partial charge in [-0.1, -0.05) is 19.3 Å². The monoisotopic (exact) mass is 297 g/mol. The fourth-order valence-electron chi connectivity index (χ4n) is 2.64. The summed E-state index contributed by atoms with van der Waals surface area (Å²) in [4.78, 5) is 26.0. The van der Waals surface area contributed by atoms with Gasteiger partial charge in [0, 0.05) is 6.04 Å². The van der Waals surface area contributed by atoms with Crippen molar-refractivity contribution in [2.24, 2.45) is 0 Å². The van der Waals surface area contributed by atoms with Gasteiger partial charge in [-0.05, 0) is 19.8 Å². The molecule has 1 aliphatic carbocycles. The van der Waals surface area contributed by atoms with E-state index in [2.05, 4.69) is 10.3 Å². The lowest BCUT2D eigenvalue weighted by Crippen LogP contribution is -2.37. The van der Waals surface area contributed by atoms with Crippen LogP contribution in [0.4, 0.5) is 5.82 Å². The molecule has 7 heteroatoms. The van der Waals surface area contributed by atoms with Crippen LogP contribution in [-0.2, 0) is 11.5 Å². The van der Waals surface area contributed by atoms with Crippen LogP contribution in [0.2, 0.25) is 0 Å². The lowest BCUT2D eigenvalue weighted by molar-refractivity contribution is 0.0465. The molecule has 0 bridgehead atoms. The molecule has 1 heterocycles. The SMILES string of the molecule is Cc1c(NC2CCCCC2)n(COCCO)c(=O)[nH]c1=O. The highest BCUT2D eigenvalue weighted by atomic mass is 16.5. The second kappa shape index (κ2) is 7.42. The van der Waals surface area contributed by atoms with Crippen molar-refractivity contribution in [1.82, 2.24) is 9.55 Å². The number of hydrogen-bond donors (Lipinski definition) is 3. The summed E-state index contributed by atoms with van der Waals surface area (Å²) in [7, 11) is 0. The summed E-state index contributed by atoms with van der Waals surface area (Å²) < 4.78 is 6.60. The quantitative estimate of drug-likeness (QED) is 0.667. The molecule has 0 spiro atoms. The van der Waals surface area contributed by atoms with Gasteiger partial charge in [-0.25, -0.2) is 4.79 Å². The van der Waals surface area contributed by atoms with Crippen molar-refractivity contribution in [3.8, 4) is 0 Å². The molecule has 1 aromatic heterocycles. The van der Waals surface area contributed by atoms with Gasteiger partial charge >= 0.3 is 5.69 Å². The fourth-order valence-corrected chi connectivity index (χ4v) is 2.64. The Balaban J connectivity index is 2.26. The van der Waals surface area contributed by atoms with Gasteiger partial charge < -0.3 is 15.2 Å². The van der Waals surface area contributed by atoms with E-state index in [1.165, 1.54) is 11.0 Å². The highest BCUT2D eigenvalue weighted by molar-refractivity contribution is 5.43. The Kier molecular flexibility index (Phi) is 5.58. The molecule has 1 aromatic rings. The highest BCUT2D eigenvalue weighted by Crippen LogP contribution is 2.21. The zero-order valence-corrected chi connectivity index (χ0v) is 12.4. The molecule has 1 aliphatic rings. The first kappa shape index (κ1) is 15.8. The molecule has 1 fully saturated rings. The van der Waals surface area contributed by atoms with Gasteiger partial charge in [0.1, 0.15) is 12.5 Å². The Morgan fingerprint density at radius 2 is 2.05 bits per heavy atom. The van der Waals surface area contributed by atoms with Crippen molar-refractivity contribution in [2.45, 2.75) is 51.8 Å². The van der Waals surface area contributed by atoms with Crippen LogP contribution in [0.1, 0.15) is 37.7 Å². The molecule has 0 saturated heterocycles. The van der Waals surface area contributed by atoms with E-state index in [9.17, 15) is 9.59 Å². The number of aliphatic hydroxyl groups is 1. The maximum Gasteiger partial charge on any atom is 0.331 e. The van der Waals surface area contributed by atoms with Gasteiger partial charge in [0.2, 0.25) is 0 Å². The summed E-state index contributed by atoms with van der Waals surface area (Å²) in [5.41, 5.74) is -0.397. The molecule has 7 nitrogen and oxygen atoms in total. The standard InChI is InChI=1S/C14H23N3O4/c1-10-12(15-11-5-3-2-4-6-11)17(9-21-8-7-18)14(20)16-13(10)19/h11,15,18H,2-9H2,1H3,(H,16,19,20). The summed E-state index contributed by atoms with van der Waals surface area (Å²) in [6.07, 6.45) is 5.63. The maximum absolute atomic E-state index is 12.0. The van der Waals surface area contributed by atoms with Crippen LogP contribution < -0.4 is 16.6 Å². The number of aliphatic hydroxyl groups excluding tert-OH is 1. The average molecular weight is 297 g/mol. The Morgan fingerprint density at radius 1 is 1.33 bits per heavy atom. The third-order valence-electron chi connectivity index (χ3n) is 3.83. The molecule has 0 atom stereocenters. The molecule has 2 rings (SSSR count). The van der Waals surface area contributed by atoms with E-state index in [1.807, 2.05) is 0 Å². The molecule has 118 valence electrons. The van der Waals surface area contributed by atoms with Crippen molar-refractivity contribution in [3.63, 3.8) is 0 Å². The Morgan fingerprint density at radius 3 is 2.71 bits per heavy atom. The Bertz CT molecular complexity index is 573. The van der Waals surface area contributed by atoms with Crippen LogP contribution in [0, 0.1) is 6.92 Å². The Labute approximate surface area is 123 Å². The summed E-state index contributed by atoms with van der Waals surface area (Å²) >= 11 is 0. The van der Waals surface area contributed by atoms with Crippen LogP contribution in [0.3, 0.4) is 0 Å². The first-order valence-corrected chi connectivity index (χ1v) is 7.42. The Hall–Kier alpha value is -1.60. The number of nitrogens with one attached hydrogen (secondary N) is 2. The first-order chi connectivity index (χ1) is 10.1.